The van der Waals surface area contributed by atoms with Crippen LogP contribution in [0.25, 0.3) is 0 Å². The van der Waals surface area contributed by atoms with Crippen molar-refractivity contribution < 1.29 is 54.9 Å². The van der Waals surface area contributed by atoms with Crippen LogP contribution in [0.1, 0.15) is 40.3 Å². The lowest BCUT2D eigenvalue weighted by atomic mass is 9.87. The predicted molar refractivity (Wildman–Crippen MR) is 187 cm³/mol. The second kappa shape index (κ2) is 16.3. The lowest BCUT2D eigenvalue weighted by Gasteiger charge is -2.44. The number of ether oxygens (including phenoxy) is 3. The molecule has 0 aliphatic carbocycles. The molecule has 2 amide bonds. The second-order valence-electron chi connectivity index (χ2n) is 13.2. The quantitative estimate of drug-likeness (QED) is 0.168. The predicted octanol–water partition coefficient (Wildman–Crippen LogP) is 6.67. The molecule has 15 heteroatoms. The molecule has 286 valence electrons. The smallest absolute Gasteiger partial charge is 0.421 e. The molecule has 1 unspecified atom stereocenters. The summed E-state index contributed by atoms with van der Waals surface area (Å²) >= 11 is 0. The molecule has 1 saturated heterocycles. The van der Waals surface area contributed by atoms with E-state index in [9.17, 15) is 40.7 Å². The summed E-state index contributed by atoms with van der Waals surface area (Å²) in [6.45, 7) is -0.0739. The fourth-order valence-electron chi connectivity index (χ4n) is 6.83. The van der Waals surface area contributed by atoms with Crippen LogP contribution in [0.4, 0.5) is 22.4 Å². The van der Waals surface area contributed by atoms with Crippen molar-refractivity contribution in [3.05, 3.63) is 137 Å². The second-order valence-corrected chi connectivity index (χ2v) is 15.0. The zero-order chi connectivity index (χ0) is 38.6. The van der Waals surface area contributed by atoms with Crippen LogP contribution < -0.4 is 0 Å². The topological polar surface area (TPSA) is 123 Å². The number of carboxylic acid groups (broad SMARTS) is 1. The maximum Gasteiger partial charge on any atom is 0.421 e. The molecular weight excluding hydrogens is 732 g/mol. The number of alkyl halides is 3. The summed E-state index contributed by atoms with van der Waals surface area (Å²) in [6, 6.07) is 24.1. The number of hydrogen-bond acceptors (Lipinski definition) is 7. The zero-order valence-electron chi connectivity index (χ0n) is 29.1. The zero-order valence-corrected chi connectivity index (χ0v) is 29.9. The lowest BCUT2D eigenvalue weighted by Crippen LogP contribution is -2.60. The van der Waals surface area contributed by atoms with Gasteiger partial charge in [-0.3, -0.25) is 4.79 Å². The first-order chi connectivity index (χ1) is 25.7. The minimum absolute atomic E-state index is 0.0619. The molecule has 0 radical (unpaired) electrons. The van der Waals surface area contributed by atoms with Crippen molar-refractivity contribution in [2.45, 2.75) is 67.8 Å². The molecule has 10 nitrogen and oxygen atoms in total. The van der Waals surface area contributed by atoms with Crippen molar-refractivity contribution in [1.82, 2.24) is 9.21 Å². The number of hydrogen-bond donors (Lipinski definition) is 1. The van der Waals surface area contributed by atoms with Crippen LogP contribution >= 0.6 is 0 Å². The minimum Gasteiger partial charge on any atom is -0.464 e. The highest BCUT2D eigenvalue weighted by atomic mass is 32.2. The summed E-state index contributed by atoms with van der Waals surface area (Å²) in [5.74, 6) is -1.14. The average Bonchev–Trinajstić information content (AvgIpc) is 3.14. The summed E-state index contributed by atoms with van der Waals surface area (Å²) in [6.07, 6.45) is -13.1. The van der Waals surface area contributed by atoms with Gasteiger partial charge in [0.1, 0.15) is 18.0 Å². The fourth-order valence-corrected chi connectivity index (χ4v) is 8.32. The third-order valence-corrected chi connectivity index (χ3v) is 11.3. The molecule has 54 heavy (non-hydrogen) atoms. The van der Waals surface area contributed by atoms with E-state index < -0.39 is 88.9 Å². The number of aryl methyl sites for hydroxylation is 1. The molecule has 0 saturated carbocycles. The highest BCUT2D eigenvalue weighted by molar-refractivity contribution is 7.89. The standard InChI is InChI=1S/C39H38F4N2O8S/c1-25-11-17-30(18-12-25)54(49,50)45(38(47)48)32-21-33(52-23-34(32)53-35(39(41,42)43)24-51-22-26-7-3-2-4-8-26)37(46)44-20-19-27-9-5-6-10-31(27)36(44)28-13-15-29(40)16-14-28/h2-18,32-36H,19-24H2,1H3,(H,47,48)/t32-,33+,34-,35?,36-/m0/s1. The number of amides is 2. The van der Waals surface area contributed by atoms with Gasteiger partial charge in [0.2, 0.25) is 0 Å². The number of benzene rings is 4. The van der Waals surface area contributed by atoms with Gasteiger partial charge in [-0.25, -0.2) is 17.6 Å². The third-order valence-electron chi connectivity index (χ3n) is 9.53. The summed E-state index contributed by atoms with van der Waals surface area (Å²) in [7, 11) is -4.92. The molecule has 1 N–H and O–H groups in total. The molecule has 2 aliphatic heterocycles. The number of fused-ring (bicyclic) bond motifs is 1. The molecule has 4 aromatic rings. The van der Waals surface area contributed by atoms with Gasteiger partial charge < -0.3 is 24.2 Å². The Kier molecular flexibility index (Phi) is 11.7. The largest absolute Gasteiger partial charge is 0.464 e. The van der Waals surface area contributed by atoms with E-state index in [-0.39, 0.29) is 17.5 Å². The van der Waals surface area contributed by atoms with E-state index in [1.165, 1.54) is 53.4 Å². The fraction of sp³-hybridized carbons (Fsp3) is 0.333. The summed E-state index contributed by atoms with van der Waals surface area (Å²) < 4.78 is 102. The summed E-state index contributed by atoms with van der Waals surface area (Å²) in [4.78, 5) is 28.4. The number of halogens is 4. The van der Waals surface area contributed by atoms with Crippen molar-refractivity contribution >= 4 is 22.0 Å². The van der Waals surface area contributed by atoms with E-state index in [1.807, 2.05) is 18.2 Å². The minimum atomic E-state index is -5.01. The monoisotopic (exact) mass is 770 g/mol. The van der Waals surface area contributed by atoms with Crippen molar-refractivity contribution in [2.24, 2.45) is 0 Å². The van der Waals surface area contributed by atoms with Gasteiger partial charge in [0, 0.05) is 13.0 Å². The highest BCUT2D eigenvalue weighted by Gasteiger charge is 2.51. The van der Waals surface area contributed by atoms with Crippen molar-refractivity contribution in [3.63, 3.8) is 0 Å². The SMILES string of the molecule is Cc1ccc(S(=O)(=O)N(C(=O)O)[C@H]2C[C@H](C(=O)N3CCc4ccccc4[C@@H]3c3ccc(F)cc3)OC[C@@H]2OC(COCc2ccccc2)C(F)(F)F)cc1. The van der Waals surface area contributed by atoms with Crippen molar-refractivity contribution in [1.29, 1.82) is 0 Å². The Bertz CT molecular complexity index is 2030. The van der Waals surface area contributed by atoms with Crippen LogP contribution in [0.3, 0.4) is 0 Å². The number of nitrogens with zero attached hydrogens (tertiary/aromatic N) is 2. The Morgan fingerprint density at radius 3 is 2.30 bits per heavy atom. The van der Waals surface area contributed by atoms with E-state index in [0.29, 0.717) is 23.1 Å². The van der Waals surface area contributed by atoms with E-state index in [4.69, 9.17) is 14.2 Å². The van der Waals surface area contributed by atoms with E-state index in [1.54, 1.807) is 43.3 Å². The Hall–Kier alpha value is -4.83. The first-order valence-corrected chi connectivity index (χ1v) is 18.6. The molecule has 2 aliphatic rings. The van der Waals surface area contributed by atoms with Gasteiger partial charge in [0.05, 0.1) is 36.8 Å². The molecule has 1 fully saturated rings. The van der Waals surface area contributed by atoms with Crippen LogP contribution in [-0.4, -0.2) is 85.0 Å². The molecule has 0 bridgehead atoms. The molecule has 2 heterocycles. The number of carbonyl (C=O) groups excluding carboxylic acids is 1. The molecule has 4 aromatic carbocycles. The molecule has 5 atom stereocenters. The molecule has 0 aromatic heterocycles. The van der Waals surface area contributed by atoms with E-state index >= 15 is 0 Å². The summed E-state index contributed by atoms with van der Waals surface area (Å²) in [5.41, 5.74) is 3.55. The Morgan fingerprint density at radius 1 is 0.963 bits per heavy atom. The number of carbonyl (C=O) groups is 2. The van der Waals surface area contributed by atoms with Crippen LogP contribution in [0, 0.1) is 12.7 Å². The van der Waals surface area contributed by atoms with Gasteiger partial charge in [-0.1, -0.05) is 84.4 Å². The first kappa shape index (κ1) is 38.9. The van der Waals surface area contributed by atoms with Gasteiger partial charge in [-0.15, -0.1) is 0 Å². The molecule has 6 rings (SSSR count). The van der Waals surface area contributed by atoms with E-state index in [0.717, 1.165) is 11.1 Å². The number of sulfonamides is 1. The van der Waals surface area contributed by atoms with Gasteiger partial charge in [0.15, 0.2) is 6.10 Å². The van der Waals surface area contributed by atoms with Gasteiger partial charge in [-0.2, -0.15) is 17.5 Å². The van der Waals surface area contributed by atoms with Gasteiger partial charge in [0.25, 0.3) is 15.9 Å². The Labute approximate surface area is 309 Å². The highest BCUT2D eigenvalue weighted by Crippen LogP contribution is 2.38. The van der Waals surface area contributed by atoms with Crippen molar-refractivity contribution in [2.75, 3.05) is 19.8 Å². The third kappa shape index (κ3) is 8.59. The summed E-state index contributed by atoms with van der Waals surface area (Å²) in [5, 5.41) is 10.4. The number of rotatable bonds is 11. The van der Waals surface area contributed by atoms with Gasteiger partial charge >= 0.3 is 12.3 Å². The van der Waals surface area contributed by atoms with Crippen LogP contribution in [0.2, 0.25) is 0 Å². The Balaban J connectivity index is 1.33. The Morgan fingerprint density at radius 2 is 1.63 bits per heavy atom. The lowest BCUT2D eigenvalue weighted by molar-refractivity contribution is -0.261. The van der Waals surface area contributed by atoms with Crippen LogP contribution in [0.5, 0.6) is 0 Å². The maximum absolute atomic E-state index is 14.4. The van der Waals surface area contributed by atoms with Crippen molar-refractivity contribution in [3.8, 4) is 0 Å². The normalized spacial score (nSPS) is 20.9. The average molecular weight is 771 g/mol. The molecule has 0 spiro atoms. The van der Waals surface area contributed by atoms with Crippen LogP contribution in [0.15, 0.2) is 108 Å². The van der Waals surface area contributed by atoms with Crippen LogP contribution in [-0.2, 0) is 42.1 Å². The molecular formula is C39H38F4N2O8S. The maximum atomic E-state index is 14.4. The van der Waals surface area contributed by atoms with Gasteiger partial charge in [-0.05, 0) is 59.9 Å². The first-order valence-electron chi connectivity index (χ1n) is 17.2. The van der Waals surface area contributed by atoms with E-state index in [2.05, 4.69) is 0 Å².